The molecule has 0 radical (unpaired) electrons. The number of rotatable bonds is 7. The Bertz CT molecular complexity index is 1310. The maximum absolute atomic E-state index is 13.3. The van der Waals surface area contributed by atoms with Gasteiger partial charge in [-0.25, -0.2) is 8.78 Å². The Morgan fingerprint density at radius 1 is 1.03 bits per heavy atom. The van der Waals surface area contributed by atoms with Crippen molar-refractivity contribution >= 4 is 52.2 Å². The van der Waals surface area contributed by atoms with Gasteiger partial charge in [0.1, 0.15) is 30.5 Å². The first-order valence-electron chi connectivity index (χ1n) is 10.3. The van der Waals surface area contributed by atoms with Crippen molar-refractivity contribution in [3.05, 3.63) is 99.4 Å². The van der Waals surface area contributed by atoms with Crippen LogP contribution in [0.25, 0.3) is 6.08 Å². The molecule has 0 bridgehead atoms. The lowest BCUT2D eigenvalue weighted by molar-refractivity contribution is -0.127. The monoisotopic (exact) mass is 514 g/mol. The van der Waals surface area contributed by atoms with Gasteiger partial charge in [0.25, 0.3) is 11.1 Å². The molecule has 10 heteroatoms. The Labute approximate surface area is 208 Å². The van der Waals surface area contributed by atoms with Crippen LogP contribution in [0.1, 0.15) is 11.1 Å². The Kier molecular flexibility index (Phi) is 7.48. The molecule has 0 aromatic heterocycles. The SMILES string of the molecule is O=C(CN1C(=O)S/C(=C\c2ccc(OCc3ccc(F)cc3)cc2)C1=O)Nc1ccc(F)c(Cl)c1. The third-order valence-electron chi connectivity index (χ3n) is 4.88. The molecule has 0 saturated carbocycles. The van der Waals surface area contributed by atoms with Crippen LogP contribution in [0.15, 0.2) is 71.6 Å². The maximum Gasteiger partial charge on any atom is 0.294 e. The van der Waals surface area contributed by atoms with Crippen molar-refractivity contribution in [2.24, 2.45) is 0 Å². The fourth-order valence-corrected chi connectivity index (χ4v) is 4.13. The van der Waals surface area contributed by atoms with Gasteiger partial charge in [-0.15, -0.1) is 0 Å². The summed E-state index contributed by atoms with van der Waals surface area (Å²) in [4.78, 5) is 38.3. The normalized spacial score (nSPS) is 14.5. The van der Waals surface area contributed by atoms with Crippen molar-refractivity contribution in [1.29, 1.82) is 0 Å². The summed E-state index contributed by atoms with van der Waals surface area (Å²) < 4.78 is 31.9. The third-order valence-corrected chi connectivity index (χ3v) is 6.07. The van der Waals surface area contributed by atoms with E-state index in [0.717, 1.165) is 28.3 Å². The molecule has 1 fully saturated rings. The van der Waals surface area contributed by atoms with E-state index in [1.165, 1.54) is 24.3 Å². The number of nitrogens with one attached hydrogen (secondary N) is 1. The van der Waals surface area contributed by atoms with Crippen molar-refractivity contribution in [2.45, 2.75) is 6.61 Å². The zero-order valence-corrected chi connectivity index (χ0v) is 19.5. The quantitative estimate of drug-likeness (QED) is 0.399. The zero-order chi connectivity index (χ0) is 24.9. The molecule has 6 nitrogen and oxygen atoms in total. The minimum Gasteiger partial charge on any atom is -0.489 e. The van der Waals surface area contributed by atoms with E-state index in [4.69, 9.17) is 16.3 Å². The number of hydrogen-bond donors (Lipinski definition) is 1. The molecule has 1 aliphatic rings. The summed E-state index contributed by atoms with van der Waals surface area (Å²) in [6.07, 6.45) is 1.55. The van der Waals surface area contributed by atoms with E-state index in [2.05, 4.69) is 5.32 Å². The van der Waals surface area contributed by atoms with Gasteiger partial charge in [0, 0.05) is 5.69 Å². The molecule has 178 valence electrons. The number of carbonyl (C=O) groups is 3. The molecular formula is C25H17ClF2N2O4S. The van der Waals surface area contributed by atoms with Crippen LogP contribution in [0.4, 0.5) is 19.3 Å². The average Bonchev–Trinajstić information content (AvgIpc) is 3.09. The Morgan fingerprint density at radius 2 is 1.74 bits per heavy atom. The van der Waals surface area contributed by atoms with Gasteiger partial charge in [0.2, 0.25) is 5.91 Å². The van der Waals surface area contributed by atoms with Gasteiger partial charge in [-0.3, -0.25) is 19.3 Å². The molecule has 0 spiro atoms. The van der Waals surface area contributed by atoms with Gasteiger partial charge >= 0.3 is 0 Å². The first kappa shape index (κ1) is 24.4. The molecule has 0 aliphatic carbocycles. The Morgan fingerprint density at radius 3 is 2.43 bits per heavy atom. The third kappa shape index (κ3) is 6.26. The first-order valence-corrected chi connectivity index (χ1v) is 11.5. The minimum atomic E-state index is -0.631. The lowest BCUT2D eigenvalue weighted by Gasteiger charge is -2.12. The average molecular weight is 515 g/mol. The van der Waals surface area contributed by atoms with Crippen LogP contribution >= 0.6 is 23.4 Å². The van der Waals surface area contributed by atoms with Crippen LogP contribution in [-0.4, -0.2) is 28.5 Å². The molecule has 35 heavy (non-hydrogen) atoms. The largest absolute Gasteiger partial charge is 0.489 e. The summed E-state index contributed by atoms with van der Waals surface area (Å²) in [6, 6.07) is 16.5. The molecule has 3 aromatic carbocycles. The maximum atomic E-state index is 13.3. The molecule has 0 atom stereocenters. The molecule has 0 unspecified atom stereocenters. The van der Waals surface area contributed by atoms with Crippen LogP contribution in [0.2, 0.25) is 5.02 Å². The van der Waals surface area contributed by atoms with Crippen LogP contribution in [0.3, 0.4) is 0 Å². The molecule has 4 rings (SSSR count). The van der Waals surface area contributed by atoms with E-state index in [0.29, 0.717) is 11.3 Å². The van der Waals surface area contributed by atoms with E-state index >= 15 is 0 Å². The summed E-state index contributed by atoms with van der Waals surface area (Å²) in [7, 11) is 0. The second-order valence-electron chi connectivity index (χ2n) is 7.43. The van der Waals surface area contributed by atoms with Crippen molar-refractivity contribution in [1.82, 2.24) is 4.90 Å². The number of thioether (sulfide) groups is 1. The standard InChI is InChI=1S/C25H17ClF2N2O4S/c26-20-12-18(7-10-21(20)28)29-23(31)13-30-24(32)22(35-25(30)33)11-15-3-8-19(9-4-15)34-14-16-1-5-17(27)6-2-16/h1-12H,13-14H2,(H,29,31)/b22-11-. The van der Waals surface area contributed by atoms with E-state index in [9.17, 15) is 23.2 Å². The van der Waals surface area contributed by atoms with E-state index in [1.807, 2.05) is 0 Å². The Hall–Kier alpha value is -3.69. The second-order valence-corrected chi connectivity index (χ2v) is 8.83. The Balaban J connectivity index is 1.35. The summed E-state index contributed by atoms with van der Waals surface area (Å²) >= 11 is 6.42. The number of ether oxygens (including phenoxy) is 1. The van der Waals surface area contributed by atoms with Crippen LogP contribution in [0, 0.1) is 11.6 Å². The molecule has 3 aromatic rings. The van der Waals surface area contributed by atoms with Crippen molar-refractivity contribution < 1.29 is 27.9 Å². The van der Waals surface area contributed by atoms with Crippen molar-refractivity contribution in [3.63, 3.8) is 0 Å². The minimum absolute atomic E-state index is 0.163. The molecule has 1 N–H and O–H groups in total. The number of hydrogen-bond acceptors (Lipinski definition) is 5. The van der Waals surface area contributed by atoms with Crippen molar-refractivity contribution in [3.8, 4) is 5.75 Å². The highest BCUT2D eigenvalue weighted by Crippen LogP contribution is 2.32. The highest BCUT2D eigenvalue weighted by molar-refractivity contribution is 8.18. The van der Waals surface area contributed by atoms with Gasteiger partial charge in [-0.05, 0) is 71.4 Å². The number of anilines is 1. The smallest absolute Gasteiger partial charge is 0.294 e. The number of imide groups is 1. The van der Waals surface area contributed by atoms with Gasteiger partial charge in [0.15, 0.2) is 0 Å². The highest BCUT2D eigenvalue weighted by Gasteiger charge is 2.36. The number of nitrogens with zero attached hydrogens (tertiary/aromatic N) is 1. The lowest BCUT2D eigenvalue weighted by atomic mass is 10.2. The van der Waals surface area contributed by atoms with Crippen LogP contribution in [-0.2, 0) is 16.2 Å². The van der Waals surface area contributed by atoms with E-state index < -0.39 is 29.4 Å². The number of benzene rings is 3. The molecule has 1 saturated heterocycles. The lowest BCUT2D eigenvalue weighted by Crippen LogP contribution is -2.36. The van der Waals surface area contributed by atoms with Crippen LogP contribution in [0.5, 0.6) is 5.75 Å². The fourth-order valence-electron chi connectivity index (χ4n) is 3.11. The summed E-state index contributed by atoms with van der Waals surface area (Å²) in [5, 5.41) is 1.74. The first-order chi connectivity index (χ1) is 16.8. The summed E-state index contributed by atoms with van der Waals surface area (Å²) in [5.74, 6) is -1.59. The predicted octanol–water partition coefficient (Wildman–Crippen LogP) is 5.87. The van der Waals surface area contributed by atoms with E-state index in [-0.39, 0.29) is 28.0 Å². The molecule has 1 aliphatic heterocycles. The molecule has 3 amide bonds. The number of carbonyl (C=O) groups excluding carboxylic acids is 3. The molecular weight excluding hydrogens is 498 g/mol. The molecule has 1 heterocycles. The number of amides is 3. The topological polar surface area (TPSA) is 75.7 Å². The second kappa shape index (κ2) is 10.7. The van der Waals surface area contributed by atoms with Gasteiger partial charge in [0.05, 0.1) is 9.93 Å². The van der Waals surface area contributed by atoms with Crippen LogP contribution < -0.4 is 10.1 Å². The van der Waals surface area contributed by atoms with E-state index in [1.54, 1.807) is 42.5 Å². The predicted molar refractivity (Wildman–Crippen MR) is 130 cm³/mol. The van der Waals surface area contributed by atoms with Gasteiger partial charge < -0.3 is 10.1 Å². The fraction of sp³-hybridized carbons (Fsp3) is 0.0800. The van der Waals surface area contributed by atoms with Gasteiger partial charge in [-0.2, -0.15) is 0 Å². The van der Waals surface area contributed by atoms with Gasteiger partial charge in [-0.1, -0.05) is 35.9 Å². The van der Waals surface area contributed by atoms with Crippen molar-refractivity contribution in [2.75, 3.05) is 11.9 Å². The number of halogens is 3. The summed E-state index contributed by atoms with van der Waals surface area (Å²) in [5.41, 5.74) is 1.72. The zero-order valence-electron chi connectivity index (χ0n) is 18.0. The highest BCUT2D eigenvalue weighted by atomic mass is 35.5. The summed E-state index contributed by atoms with van der Waals surface area (Å²) in [6.45, 7) is -0.224.